The van der Waals surface area contributed by atoms with Gasteiger partial charge in [0, 0.05) is 40.4 Å². The lowest BCUT2D eigenvalue weighted by molar-refractivity contribution is 0.381. The maximum Gasteiger partial charge on any atom is 0.200 e. The van der Waals surface area contributed by atoms with Gasteiger partial charge in [-0.25, -0.2) is 26.9 Å². The quantitative estimate of drug-likeness (QED) is 0.0819. The molecule has 78 heavy (non-hydrogen) atoms. The fourth-order valence-electron chi connectivity index (χ4n) is 11.0. The van der Waals surface area contributed by atoms with E-state index in [1.807, 2.05) is 123 Å². The SMILES string of the molecule is CC(C)(C)c1ccnc(-n2c3ccccc3c3ccc(Oc4cc(-c5c(-c6ccccc6)cccc5-c5ccccc5)cc(N5CN(c6c(-c7c(F)c(F)c(F)c(F)c7F)cccc6C(C)(C)C)c6ccccc65)c4)cc32)c1. The minimum Gasteiger partial charge on any atom is -0.457 e. The summed E-state index contributed by atoms with van der Waals surface area (Å²) in [5, 5.41) is 2.11. The highest BCUT2D eigenvalue weighted by atomic mass is 19.2. The molecule has 0 aliphatic carbocycles. The van der Waals surface area contributed by atoms with Crippen molar-refractivity contribution in [3.8, 4) is 61.8 Å². The van der Waals surface area contributed by atoms with E-state index in [1.54, 1.807) is 6.07 Å². The van der Waals surface area contributed by atoms with E-state index in [0.717, 1.165) is 72.3 Å². The molecule has 386 valence electrons. The maximum atomic E-state index is 16.1. The molecule has 0 fully saturated rings. The highest BCUT2D eigenvalue weighted by molar-refractivity contribution is 6.09. The number of para-hydroxylation sites is 4. The molecule has 1 aliphatic rings. The Kier molecular flexibility index (Phi) is 12.3. The summed E-state index contributed by atoms with van der Waals surface area (Å²) in [6, 6.07) is 64.0. The fourth-order valence-corrected chi connectivity index (χ4v) is 11.0. The molecule has 0 unspecified atom stereocenters. The molecule has 0 atom stereocenters. The van der Waals surface area contributed by atoms with Crippen molar-refractivity contribution in [1.82, 2.24) is 9.55 Å². The molecule has 9 aromatic carbocycles. The average molecular weight is 1040 g/mol. The molecule has 3 heterocycles. The first-order chi connectivity index (χ1) is 37.5. The fraction of sp³-hybridized carbons (Fsp3) is 0.132. The Morgan fingerprint density at radius 1 is 0.436 bits per heavy atom. The highest BCUT2D eigenvalue weighted by Gasteiger charge is 2.37. The molecule has 0 bridgehead atoms. The second-order valence-corrected chi connectivity index (χ2v) is 21.8. The molecule has 0 amide bonds. The van der Waals surface area contributed by atoms with Gasteiger partial charge >= 0.3 is 0 Å². The summed E-state index contributed by atoms with van der Waals surface area (Å²) in [7, 11) is 0. The zero-order valence-electron chi connectivity index (χ0n) is 43.8. The van der Waals surface area contributed by atoms with Crippen molar-refractivity contribution < 1.29 is 26.7 Å². The Labute approximate surface area is 450 Å². The third kappa shape index (κ3) is 8.61. The first-order valence-electron chi connectivity index (χ1n) is 25.9. The maximum absolute atomic E-state index is 16.1. The lowest BCUT2D eigenvalue weighted by Crippen LogP contribution is -2.27. The zero-order valence-corrected chi connectivity index (χ0v) is 43.8. The van der Waals surface area contributed by atoms with E-state index in [9.17, 15) is 4.39 Å². The normalized spacial score (nSPS) is 12.7. The van der Waals surface area contributed by atoms with E-state index in [4.69, 9.17) is 9.72 Å². The first-order valence-corrected chi connectivity index (χ1v) is 25.9. The van der Waals surface area contributed by atoms with Crippen molar-refractivity contribution in [2.45, 2.75) is 52.4 Å². The summed E-state index contributed by atoms with van der Waals surface area (Å²) in [6.07, 6.45) is 1.86. The van der Waals surface area contributed by atoms with Crippen LogP contribution in [0.1, 0.15) is 52.7 Å². The lowest BCUT2D eigenvalue weighted by Gasteiger charge is -2.32. The predicted octanol–water partition coefficient (Wildman–Crippen LogP) is 19.2. The van der Waals surface area contributed by atoms with Gasteiger partial charge in [-0.2, -0.15) is 0 Å². The number of hydrogen-bond acceptors (Lipinski definition) is 4. The van der Waals surface area contributed by atoms with Gasteiger partial charge in [0.05, 0.1) is 33.7 Å². The van der Waals surface area contributed by atoms with Crippen LogP contribution >= 0.6 is 0 Å². The van der Waals surface area contributed by atoms with Crippen LogP contribution in [0.15, 0.2) is 200 Å². The lowest BCUT2D eigenvalue weighted by atomic mass is 9.83. The molecule has 0 radical (unpaired) electrons. The number of pyridine rings is 1. The summed E-state index contributed by atoms with van der Waals surface area (Å²) < 4.78 is 86.6. The second-order valence-electron chi connectivity index (χ2n) is 21.8. The van der Waals surface area contributed by atoms with Gasteiger partial charge in [0.15, 0.2) is 23.3 Å². The van der Waals surface area contributed by atoms with E-state index < -0.39 is 40.1 Å². The standard InChI is InChI=1S/C68H53F5N4O/c1-67(2,3)44-33-34-74-58(37-44)77-54-28-14-13-23-50(54)51-32-31-46(39-57(51)77)78-47-36-43(59-48(41-19-9-7-10-20-41)24-17-25-49(59)42-21-11-8-12-22-42)35-45(38-47)75-40-76(56-30-16-15-29-55(56)75)66-52(26-18-27-53(66)68(4,5)6)60-61(69)63(71)65(73)64(72)62(60)70/h7-39H,40H2,1-6H3. The number of aromatic nitrogens is 2. The van der Waals surface area contributed by atoms with Gasteiger partial charge in [0.1, 0.15) is 24.0 Å². The molecule has 11 aromatic rings. The van der Waals surface area contributed by atoms with Crippen LogP contribution in [0.5, 0.6) is 11.5 Å². The summed E-state index contributed by atoms with van der Waals surface area (Å²) in [6.45, 7) is 12.5. The molecule has 0 saturated heterocycles. The minimum absolute atomic E-state index is 0.0797. The Balaban J connectivity index is 1.08. The number of halogens is 5. The van der Waals surface area contributed by atoms with Crippen molar-refractivity contribution in [1.29, 1.82) is 0 Å². The van der Waals surface area contributed by atoms with Crippen LogP contribution in [0.4, 0.5) is 44.7 Å². The predicted molar refractivity (Wildman–Crippen MR) is 306 cm³/mol. The Morgan fingerprint density at radius 3 is 1.67 bits per heavy atom. The number of fused-ring (bicyclic) bond motifs is 4. The van der Waals surface area contributed by atoms with Crippen LogP contribution in [0.2, 0.25) is 0 Å². The molecule has 0 saturated carbocycles. The van der Waals surface area contributed by atoms with Crippen molar-refractivity contribution in [2.24, 2.45) is 0 Å². The highest BCUT2D eigenvalue weighted by Crippen LogP contribution is 2.53. The average Bonchev–Trinajstić information content (AvgIpc) is 4.05. The third-order valence-corrected chi connectivity index (χ3v) is 14.8. The topological polar surface area (TPSA) is 33.5 Å². The largest absolute Gasteiger partial charge is 0.457 e. The number of hydrogen-bond donors (Lipinski definition) is 0. The molecular weight excluding hydrogens is 984 g/mol. The summed E-state index contributed by atoms with van der Waals surface area (Å²) in [5.74, 6) is -8.16. The van der Waals surface area contributed by atoms with Crippen LogP contribution in [0.3, 0.4) is 0 Å². The van der Waals surface area contributed by atoms with Gasteiger partial charge < -0.3 is 14.5 Å². The van der Waals surface area contributed by atoms with Crippen LogP contribution in [-0.2, 0) is 10.8 Å². The van der Waals surface area contributed by atoms with E-state index in [2.05, 4.69) is 121 Å². The molecule has 0 N–H and O–H groups in total. The zero-order chi connectivity index (χ0) is 54.2. The van der Waals surface area contributed by atoms with Crippen molar-refractivity contribution in [3.05, 3.63) is 241 Å². The van der Waals surface area contributed by atoms with E-state index in [1.165, 1.54) is 6.07 Å². The van der Waals surface area contributed by atoms with Gasteiger partial charge in [-0.1, -0.05) is 169 Å². The Morgan fingerprint density at radius 2 is 1.01 bits per heavy atom. The summed E-state index contributed by atoms with van der Waals surface area (Å²) in [4.78, 5) is 8.91. The van der Waals surface area contributed by atoms with E-state index >= 15 is 17.6 Å². The van der Waals surface area contributed by atoms with Crippen molar-refractivity contribution >= 4 is 44.6 Å². The van der Waals surface area contributed by atoms with Gasteiger partial charge in [-0.3, -0.25) is 4.57 Å². The molecule has 0 spiro atoms. The molecule has 5 nitrogen and oxygen atoms in total. The number of rotatable bonds is 9. The molecule has 2 aromatic heterocycles. The van der Waals surface area contributed by atoms with Crippen LogP contribution in [-0.4, -0.2) is 16.2 Å². The third-order valence-electron chi connectivity index (χ3n) is 14.8. The number of nitrogens with zero attached hydrogens (tertiary/aromatic N) is 4. The van der Waals surface area contributed by atoms with Crippen LogP contribution in [0, 0.1) is 29.1 Å². The Hall–Kier alpha value is -9.02. The summed E-state index contributed by atoms with van der Waals surface area (Å²) >= 11 is 0. The number of benzene rings is 9. The minimum atomic E-state index is -2.22. The van der Waals surface area contributed by atoms with E-state index in [0.29, 0.717) is 34.1 Å². The molecule has 10 heteroatoms. The van der Waals surface area contributed by atoms with Gasteiger partial charge in [-0.05, 0) is 110 Å². The van der Waals surface area contributed by atoms with Gasteiger partial charge in [-0.15, -0.1) is 0 Å². The first kappa shape index (κ1) is 49.8. The summed E-state index contributed by atoms with van der Waals surface area (Å²) in [5.41, 5.74) is 10.0. The van der Waals surface area contributed by atoms with Gasteiger partial charge in [0.25, 0.3) is 0 Å². The van der Waals surface area contributed by atoms with Crippen LogP contribution < -0.4 is 14.5 Å². The van der Waals surface area contributed by atoms with Gasteiger partial charge in [0.2, 0.25) is 5.82 Å². The number of anilines is 4. The molecule has 1 aliphatic heterocycles. The smallest absolute Gasteiger partial charge is 0.200 e. The molecular formula is C68H53F5N4O. The number of ether oxygens (including phenoxy) is 1. The monoisotopic (exact) mass is 1040 g/mol. The van der Waals surface area contributed by atoms with Crippen molar-refractivity contribution in [2.75, 3.05) is 16.5 Å². The Bertz CT molecular complexity index is 4050. The van der Waals surface area contributed by atoms with Crippen molar-refractivity contribution in [3.63, 3.8) is 0 Å². The molecule has 12 rings (SSSR count). The van der Waals surface area contributed by atoms with Crippen LogP contribution in [0.25, 0.3) is 72.1 Å². The van der Waals surface area contributed by atoms with E-state index in [-0.39, 0.29) is 17.6 Å². The second kappa shape index (κ2) is 19.2.